The number of anilines is 3. The molecule has 4 aromatic rings. The maximum atomic E-state index is 15.5. The lowest BCUT2D eigenvalue weighted by Gasteiger charge is -2.42. The molecule has 0 bridgehead atoms. The first-order valence-electron chi connectivity index (χ1n) is 13.8. The summed E-state index contributed by atoms with van der Waals surface area (Å²) in [6.45, 7) is 10.1. The van der Waals surface area contributed by atoms with Crippen molar-refractivity contribution < 1.29 is 13.9 Å². The van der Waals surface area contributed by atoms with Gasteiger partial charge < -0.3 is 26.0 Å². The Bertz CT molecular complexity index is 1580. The highest BCUT2D eigenvalue weighted by molar-refractivity contribution is 5.75. The van der Waals surface area contributed by atoms with Gasteiger partial charge in [0.25, 0.3) is 0 Å². The fourth-order valence-electron chi connectivity index (χ4n) is 5.98. The van der Waals surface area contributed by atoms with Crippen LogP contribution in [0, 0.1) is 18.7 Å². The van der Waals surface area contributed by atoms with Crippen LogP contribution in [0.25, 0.3) is 16.8 Å². The number of ether oxygens (including phenoxy) is 1. The van der Waals surface area contributed by atoms with Crippen molar-refractivity contribution in [2.24, 2.45) is 11.7 Å². The molecule has 0 spiro atoms. The number of pyridine rings is 1. The van der Waals surface area contributed by atoms with E-state index >= 15 is 4.39 Å². The van der Waals surface area contributed by atoms with E-state index < -0.39 is 0 Å². The number of nitrogens with one attached hydrogen (secondary N) is 2. The average molecular weight is 559 g/mol. The average Bonchev–Trinajstić information content (AvgIpc) is 3.31. The number of rotatable bonds is 6. The number of benzene rings is 1. The Labute approximate surface area is 238 Å². The van der Waals surface area contributed by atoms with Crippen molar-refractivity contribution in [2.75, 3.05) is 36.5 Å². The fourth-order valence-corrected chi connectivity index (χ4v) is 5.98. The Balaban J connectivity index is 1.30. The monoisotopic (exact) mass is 558 g/mol. The second-order valence-corrected chi connectivity index (χ2v) is 11.6. The summed E-state index contributed by atoms with van der Waals surface area (Å²) >= 11 is 0. The summed E-state index contributed by atoms with van der Waals surface area (Å²) in [5, 5.41) is 11.2. The van der Waals surface area contributed by atoms with Crippen LogP contribution >= 0.6 is 0 Å². The van der Waals surface area contributed by atoms with Gasteiger partial charge in [0.2, 0.25) is 11.9 Å². The van der Waals surface area contributed by atoms with Gasteiger partial charge in [-0.2, -0.15) is 9.61 Å². The lowest BCUT2D eigenvalue weighted by Crippen LogP contribution is -2.61. The number of hydrogen-bond donors (Lipinski definition) is 3. The van der Waals surface area contributed by atoms with Crippen molar-refractivity contribution in [3.05, 3.63) is 65.9 Å². The van der Waals surface area contributed by atoms with Crippen LogP contribution in [-0.2, 0) is 14.9 Å². The van der Waals surface area contributed by atoms with E-state index in [0.717, 1.165) is 28.0 Å². The minimum atomic E-state index is -0.308. The largest absolute Gasteiger partial charge is 0.379 e. The molecule has 41 heavy (non-hydrogen) atoms. The van der Waals surface area contributed by atoms with Crippen LogP contribution in [0.5, 0.6) is 0 Å². The number of aryl methyl sites for hydroxylation is 1. The molecule has 3 aromatic heterocycles. The number of carbonyl (C=O) groups is 1. The molecule has 11 heteroatoms. The summed E-state index contributed by atoms with van der Waals surface area (Å²) in [5.74, 6) is 0.236. The SMILES string of the molecule is CC(=O)NC1C(C)CN(c2ccncc2Nc2ncc3ccc(-c4c(C)cc(C5(C)COC5)cc4F)nn23)CC1N. The molecule has 2 saturated heterocycles. The highest BCUT2D eigenvalue weighted by Gasteiger charge is 2.36. The number of fused-ring (bicyclic) bond motifs is 1. The van der Waals surface area contributed by atoms with Crippen molar-refractivity contribution in [1.82, 2.24) is 24.9 Å². The van der Waals surface area contributed by atoms with E-state index in [-0.39, 0.29) is 35.1 Å². The fraction of sp³-hybridized carbons (Fsp3) is 0.400. The topological polar surface area (TPSA) is 123 Å². The summed E-state index contributed by atoms with van der Waals surface area (Å²) < 4.78 is 22.6. The number of piperidine rings is 1. The normalized spacial score (nSPS) is 21.9. The molecule has 2 fully saturated rings. The van der Waals surface area contributed by atoms with Gasteiger partial charge in [0.15, 0.2) is 0 Å². The second-order valence-electron chi connectivity index (χ2n) is 11.6. The van der Waals surface area contributed by atoms with Gasteiger partial charge >= 0.3 is 0 Å². The van der Waals surface area contributed by atoms with Gasteiger partial charge in [-0.25, -0.2) is 9.37 Å². The molecule has 3 unspecified atom stereocenters. The number of aromatic nitrogens is 4. The third-order valence-corrected chi connectivity index (χ3v) is 8.23. The number of halogens is 1. The summed E-state index contributed by atoms with van der Waals surface area (Å²) in [4.78, 5) is 22.8. The molecule has 0 radical (unpaired) electrons. The van der Waals surface area contributed by atoms with Gasteiger partial charge in [0.05, 0.1) is 48.2 Å². The number of imidazole rings is 1. The lowest BCUT2D eigenvalue weighted by atomic mass is 9.79. The zero-order valence-electron chi connectivity index (χ0n) is 23.7. The Morgan fingerprint density at radius 2 is 2.00 bits per heavy atom. The first-order chi connectivity index (χ1) is 19.6. The van der Waals surface area contributed by atoms with E-state index in [0.29, 0.717) is 43.5 Å². The Morgan fingerprint density at radius 1 is 1.20 bits per heavy atom. The highest BCUT2D eigenvalue weighted by atomic mass is 19.1. The number of hydrogen-bond acceptors (Lipinski definition) is 8. The van der Waals surface area contributed by atoms with Gasteiger partial charge in [-0.15, -0.1) is 0 Å². The van der Waals surface area contributed by atoms with Gasteiger partial charge in [-0.1, -0.05) is 19.9 Å². The van der Waals surface area contributed by atoms with Crippen LogP contribution < -0.4 is 21.3 Å². The van der Waals surface area contributed by atoms with Crippen LogP contribution in [0.4, 0.5) is 21.7 Å². The summed E-state index contributed by atoms with van der Waals surface area (Å²) in [5.41, 5.74) is 11.5. The van der Waals surface area contributed by atoms with E-state index in [2.05, 4.69) is 39.3 Å². The summed E-state index contributed by atoms with van der Waals surface area (Å²) in [6.07, 6.45) is 5.20. The molecule has 6 rings (SSSR count). The third kappa shape index (κ3) is 5.00. The van der Waals surface area contributed by atoms with Crippen LogP contribution in [0.1, 0.15) is 31.9 Å². The van der Waals surface area contributed by atoms with Gasteiger partial charge in [0, 0.05) is 49.3 Å². The number of nitrogens with zero attached hydrogens (tertiary/aromatic N) is 5. The van der Waals surface area contributed by atoms with Crippen LogP contribution in [0.3, 0.4) is 0 Å². The second kappa shape index (κ2) is 10.4. The van der Waals surface area contributed by atoms with E-state index in [4.69, 9.17) is 15.6 Å². The lowest BCUT2D eigenvalue weighted by molar-refractivity contribution is -0.120. The molecular formula is C30H35FN8O2. The van der Waals surface area contributed by atoms with Crippen LogP contribution in [0.15, 0.2) is 48.9 Å². The molecule has 214 valence electrons. The number of carbonyl (C=O) groups excluding carboxylic acids is 1. The summed E-state index contributed by atoms with van der Waals surface area (Å²) in [6, 6.07) is 8.94. The molecule has 0 saturated carbocycles. The quantitative estimate of drug-likeness (QED) is 0.328. The summed E-state index contributed by atoms with van der Waals surface area (Å²) in [7, 11) is 0. The predicted octanol–water partition coefficient (Wildman–Crippen LogP) is 3.56. The maximum Gasteiger partial charge on any atom is 0.229 e. The van der Waals surface area contributed by atoms with Crippen molar-refractivity contribution in [3.8, 4) is 11.3 Å². The zero-order chi connectivity index (χ0) is 28.9. The third-order valence-electron chi connectivity index (χ3n) is 8.23. The Morgan fingerprint density at radius 3 is 2.68 bits per heavy atom. The zero-order valence-corrected chi connectivity index (χ0v) is 23.7. The maximum absolute atomic E-state index is 15.5. The van der Waals surface area contributed by atoms with Gasteiger partial charge in [-0.05, 0) is 48.2 Å². The standard InChI is InChI=1S/C30H35FN8O2/c1-17-9-20(30(4)15-41-16-30)10-22(31)27(17)24-6-5-21-11-34-29(39(21)37-24)36-25-12-33-8-7-26(25)38-13-18(2)28(23(32)14-38)35-19(3)40/h5-12,18,23,28H,13-16,32H2,1-4H3,(H,34,36)(H,35,40). The van der Waals surface area contributed by atoms with Gasteiger partial charge in [-0.3, -0.25) is 9.78 Å². The number of amides is 1. The minimum Gasteiger partial charge on any atom is -0.379 e. The van der Waals surface area contributed by atoms with Gasteiger partial charge in [0.1, 0.15) is 5.82 Å². The minimum absolute atomic E-state index is 0.0802. The Kier molecular flexibility index (Phi) is 6.87. The molecule has 1 aromatic carbocycles. The molecule has 5 heterocycles. The first-order valence-corrected chi connectivity index (χ1v) is 13.8. The van der Waals surface area contributed by atoms with Crippen molar-refractivity contribution in [1.29, 1.82) is 0 Å². The molecule has 10 nitrogen and oxygen atoms in total. The van der Waals surface area contributed by atoms with Crippen LogP contribution in [0.2, 0.25) is 0 Å². The highest BCUT2D eigenvalue weighted by Crippen LogP contribution is 2.36. The van der Waals surface area contributed by atoms with Crippen LogP contribution in [-0.4, -0.2) is 63.9 Å². The smallest absolute Gasteiger partial charge is 0.229 e. The first kappa shape index (κ1) is 27.1. The molecule has 0 aliphatic carbocycles. The molecule has 3 atom stereocenters. The van der Waals surface area contributed by atoms with E-state index in [1.807, 2.05) is 31.2 Å². The van der Waals surface area contributed by atoms with Crippen molar-refractivity contribution in [2.45, 2.75) is 45.2 Å². The van der Waals surface area contributed by atoms with E-state index in [1.54, 1.807) is 29.2 Å². The molecule has 2 aliphatic heterocycles. The van der Waals surface area contributed by atoms with E-state index in [1.165, 1.54) is 6.92 Å². The predicted molar refractivity (Wildman–Crippen MR) is 156 cm³/mol. The molecular weight excluding hydrogens is 523 g/mol. The molecule has 1 amide bonds. The van der Waals surface area contributed by atoms with Crippen molar-refractivity contribution in [3.63, 3.8) is 0 Å². The number of nitrogens with two attached hydrogens (primary N) is 1. The Hall–Kier alpha value is -4.09. The van der Waals surface area contributed by atoms with Crippen molar-refractivity contribution >= 4 is 28.7 Å². The molecule has 2 aliphatic rings. The molecule has 4 N–H and O–H groups in total. The van der Waals surface area contributed by atoms with E-state index in [9.17, 15) is 4.79 Å².